The molecule has 0 aliphatic carbocycles. The van der Waals surface area contributed by atoms with Crippen LogP contribution in [-0.2, 0) is 0 Å². The first-order valence-corrected chi connectivity index (χ1v) is 5.67. The number of hydrogen-bond donors (Lipinski definition) is 0. The molecule has 0 atom stereocenters. The van der Waals surface area contributed by atoms with Gasteiger partial charge in [-0.3, -0.25) is 4.79 Å². The summed E-state index contributed by atoms with van der Waals surface area (Å²) in [6.07, 6.45) is 1.59. The van der Waals surface area contributed by atoms with E-state index in [0.29, 0.717) is 10.9 Å². The third kappa shape index (κ3) is 1.46. The van der Waals surface area contributed by atoms with Crippen LogP contribution >= 0.6 is 0 Å². The number of rotatable bonds is 1. The maximum absolute atomic E-state index is 12.1. The summed E-state index contributed by atoms with van der Waals surface area (Å²) < 4.78 is 1.20. The van der Waals surface area contributed by atoms with Crippen molar-refractivity contribution in [2.75, 3.05) is 7.11 Å². The van der Waals surface area contributed by atoms with Gasteiger partial charge in [-0.25, -0.2) is 4.98 Å². The Hall–Kier alpha value is -2.36. The van der Waals surface area contributed by atoms with Gasteiger partial charge in [0.05, 0.1) is 22.6 Å². The molecule has 0 bridgehead atoms. The molecule has 90 valence electrons. The highest BCUT2D eigenvalue weighted by molar-refractivity contribution is 5.93. The van der Waals surface area contributed by atoms with E-state index in [4.69, 9.17) is 4.84 Å². The van der Waals surface area contributed by atoms with Gasteiger partial charge in [0, 0.05) is 5.39 Å². The van der Waals surface area contributed by atoms with Crippen molar-refractivity contribution in [1.29, 1.82) is 0 Å². The van der Waals surface area contributed by atoms with Gasteiger partial charge < -0.3 is 4.84 Å². The van der Waals surface area contributed by atoms with E-state index in [2.05, 4.69) is 4.98 Å². The molecule has 2 aromatic heterocycles. The molecule has 3 rings (SSSR count). The quantitative estimate of drug-likeness (QED) is 0.610. The molecule has 0 amide bonds. The average molecular weight is 240 g/mol. The fraction of sp³-hybridized carbons (Fsp3) is 0.143. The summed E-state index contributed by atoms with van der Waals surface area (Å²) in [5.41, 5.74) is 2.53. The summed E-state index contributed by atoms with van der Waals surface area (Å²) in [5, 5.41) is 1.53. The van der Waals surface area contributed by atoms with Crippen LogP contribution in [0.15, 0.2) is 41.3 Å². The van der Waals surface area contributed by atoms with Crippen LogP contribution in [0.25, 0.3) is 21.8 Å². The van der Waals surface area contributed by atoms with Gasteiger partial charge in [0.25, 0.3) is 5.56 Å². The molecule has 0 N–H and O–H groups in total. The van der Waals surface area contributed by atoms with E-state index in [1.165, 1.54) is 11.8 Å². The number of fused-ring (bicyclic) bond motifs is 2. The van der Waals surface area contributed by atoms with Gasteiger partial charge in [-0.15, -0.1) is 0 Å². The number of para-hydroxylation sites is 1. The summed E-state index contributed by atoms with van der Waals surface area (Å²) in [6, 6.07) is 9.58. The molecule has 0 aliphatic rings. The number of pyridine rings is 2. The summed E-state index contributed by atoms with van der Waals surface area (Å²) >= 11 is 0. The van der Waals surface area contributed by atoms with Crippen molar-refractivity contribution >= 4 is 21.8 Å². The highest BCUT2D eigenvalue weighted by Gasteiger charge is 2.07. The van der Waals surface area contributed by atoms with E-state index in [-0.39, 0.29) is 5.56 Å². The van der Waals surface area contributed by atoms with Crippen molar-refractivity contribution < 1.29 is 4.84 Å². The van der Waals surface area contributed by atoms with Crippen molar-refractivity contribution in [3.8, 4) is 0 Å². The molecule has 2 heterocycles. The van der Waals surface area contributed by atoms with Crippen LogP contribution < -0.4 is 10.4 Å². The lowest BCUT2D eigenvalue weighted by molar-refractivity contribution is 0.158. The van der Waals surface area contributed by atoms with E-state index in [1.54, 1.807) is 12.3 Å². The van der Waals surface area contributed by atoms with Gasteiger partial charge >= 0.3 is 0 Å². The third-order valence-electron chi connectivity index (χ3n) is 3.07. The highest BCUT2D eigenvalue weighted by Crippen LogP contribution is 2.19. The highest BCUT2D eigenvalue weighted by atomic mass is 16.6. The van der Waals surface area contributed by atoms with Crippen molar-refractivity contribution in [3.63, 3.8) is 0 Å². The SMILES string of the molecule is COn1ccc2nc3c(C)cccc3cc2c1=O. The van der Waals surface area contributed by atoms with Crippen molar-refractivity contribution in [3.05, 3.63) is 52.4 Å². The van der Waals surface area contributed by atoms with Crippen molar-refractivity contribution in [2.24, 2.45) is 0 Å². The lowest BCUT2D eigenvalue weighted by atomic mass is 10.1. The minimum absolute atomic E-state index is 0.189. The summed E-state index contributed by atoms with van der Waals surface area (Å²) in [5.74, 6) is 0. The standard InChI is InChI=1S/C14H12N2O2/c1-9-4-3-5-10-8-11-12(15-13(9)10)6-7-16(18-2)14(11)17/h3-8H,1-2H3. The van der Waals surface area contributed by atoms with Crippen LogP contribution in [0.5, 0.6) is 0 Å². The normalized spacial score (nSPS) is 11.0. The zero-order valence-electron chi connectivity index (χ0n) is 10.2. The number of nitrogens with zero attached hydrogens (tertiary/aromatic N) is 2. The lowest BCUT2D eigenvalue weighted by Crippen LogP contribution is -2.24. The Labute approximate surface area is 103 Å². The average Bonchev–Trinajstić information content (AvgIpc) is 2.39. The van der Waals surface area contributed by atoms with E-state index in [0.717, 1.165) is 16.5 Å². The Morgan fingerprint density at radius 1 is 1.28 bits per heavy atom. The minimum atomic E-state index is -0.189. The smallest absolute Gasteiger partial charge is 0.292 e. The number of benzene rings is 1. The molecule has 0 fully saturated rings. The summed E-state index contributed by atoms with van der Waals surface area (Å²) in [7, 11) is 1.46. The molecule has 3 aromatic rings. The second kappa shape index (κ2) is 3.84. The molecule has 1 aromatic carbocycles. The van der Waals surface area contributed by atoms with E-state index in [9.17, 15) is 4.79 Å². The van der Waals surface area contributed by atoms with Gasteiger partial charge in [-0.1, -0.05) is 18.2 Å². The molecule has 0 aliphatic heterocycles. The second-order valence-electron chi connectivity index (χ2n) is 4.20. The third-order valence-corrected chi connectivity index (χ3v) is 3.07. The molecule has 0 spiro atoms. The van der Waals surface area contributed by atoms with Crippen molar-refractivity contribution in [2.45, 2.75) is 6.92 Å². The predicted molar refractivity (Wildman–Crippen MR) is 70.8 cm³/mol. The summed E-state index contributed by atoms with van der Waals surface area (Å²) in [6.45, 7) is 2.01. The van der Waals surface area contributed by atoms with Crippen LogP contribution in [0.1, 0.15) is 5.56 Å². The molecular formula is C14H12N2O2. The van der Waals surface area contributed by atoms with E-state index in [1.807, 2.05) is 31.2 Å². The molecule has 4 nitrogen and oxygen atoms in total. The van der Waals surface area contributed by atoms with Crippen molar-refractivity contribution in [1.82, 2.24) is 9.71 Å². The number of hydrogen-bond acceptors (Lipinski definition) is 3. The van der Waals surface area contributed by atoms with Gasteiger partial charge in [-0.2, -0.15) is 4.73 Å². The predicted octanol–water partition coefficient (Wildman–Crippen LogP) is 1.92. The van der Waals surface area contributed by atoms with E-state index >= 15 is 0 Å². The van der Waals surface area contributed by atoms with Gasteiger partial charge in [0.15, 0.2) is 0 Å². The van der Waals surface area contributed by atoms with Gasteiger partial charge in [-0.05, 0) is 24.6 Å². The van der Waals surface area contributed by atoms with Crippen LogP contribution in [0, 0.1) is 6.92 Å². The van der Waals surface area contributed by atoms with Gasteiger partial charge in [0.1, 0.15) is 7.11 Å². The first-order chi connectivity index (χ1) is 8.70. The molecular weight excluding hydrogens is 228 g/mol. The summed E-state index contributed by atoms with van der Waals surface area (Å²) in [4.78, 5) is 21.6. The molecule has 4 heteroatoms. The Balaban J connectivity index is 2.49. The molecule has 0 saturated heterocycles. The lowest BCUT2D eigenvalue weighted by Gasteiger charge is -2.06. The molecule has 18 heavy (non-hydrogen) atoms. The maximum Gasteiger partial charge on any atom is 0.292 e. The maximum atomic E-state index is 12.1. The monoisotopic (exact) mass is 240 g/mol. The zero-order valence-corrected chi connectivity index (χ0v) is 10.2. The fourth-order valence-electron chi connectivity index (χ4n) is 2.13. The van der Waals surface area contributed by atoms with Crippen LogP contribution in [0.3, 0.4) is 0 Å². The van der Waals surface area contributed by atoms with Gasteiger partial charge in [0.2, 0.25) is 0 Å². The fourth-order valence-corrected chi connectivity index (χ4v) is 2.13. The molecule has 0 unspecified atom stereocenters. The van der Waals surface area contributed by atoms with Crippen LogP contribution in [0.4, 0.5) is 0 Å². The van der Waals surface area contributed by atoms with E-state index < -0.39 is 0 Å². The minimum Gasteiger partial charge on any atom is -0.414 e. The Bertz CT molecular complexity index is 806. The second-order valence-corrected chi connectivity index (χ2v) is 4.20. The first-order valence-electron chi connectivity index (χ1n) is 5.67. The Morgan fingerprint density at radius 2 is 2.11 bits per heavy atom. The van der Waals surface area contributed by atoms with Crippen LogP contribution in [-0.4, -0.2) is 16.8 Å². The number of aromatic nitrogens is 2. The first kappa shape index (κ1) is 10.8. The Kier molecular flexibility index (Phi) is 2.30. The van der Waals surface area contributed by atoms with Crippen LogP contribution in [0.2, 0.25) is 0 Å². The Morgan fingerprint density at radius 3 is 2.89 bits per heavy atom. The topological polar surface area (TPSA) is 44.1 Å². The largest absolute Gasteiger partial charge is 0.414 e. The molecule has 0 radical (unpaired) electrons. The zero-order chi connectivity index (χ0) is 12.7. The number of aryl methyl sites for hydroxylation is 1. The molecule has 0 saturated carbocycles.